The Morgan fingerprint density at radius 3 is 2.32 bits per heavy atom. The first-order valence-corrected chi connectivity index (χ1v) is 9.52. The number of aliphatic hydroxyl groups is 1. The summed E-state index contributed by atoms with van der Waals surface area (Å²) in [4.78, 5) is 20.7. The number of hydrogen-bond acceptors (Lipinski definition) is 4. The zero-order valence-corrected chi connectivity index (χ0v) is 17.3. The molecule has 9 heteroatoms. The molecule has 0 aromatic heterocycles. The topological polar surface area (TPSA) is 126 Å². The fourth-order valence-corrected chi connectivity index (χ4v) is 2.38. The molecule has 7 nitrogen and oxygen atoms in total. The average Bonchev–Trinajstić information content (AvgIpc) is 2.73. The number of nitrogens with zero attached hydrogens (tertiary/aromatic N) is 2. The van der Waals surface area contributed by atoms with Crippen molar-refractivity contribution in [2.75, 3.05) is 6.54 Å². The number of carbonyl (C=O) groups is 1. The normalized spacial score (nSPS) is 12.9. The summed E-state index contributed by atoms with van der Waals surface area (Å²) in [6.07, 6.45) is 1.41. The van der Waals surface area contributed by atoms with Gasteiger partial charge < -0.3 is 16.6 Å². The summed E-state index contributed by atoms with van der Waals surface area (Å²) in [6, 6.07) is 9.69. The fraction of sp³-hybridized carbons (Fsp3) is 0.227. The lowest BCUT2D eigenvalue weighted by molar-refractivity contribution is 0.0976. The Morgan fingerprint density at radius 1 is 1.10 bits per heavy atom. The van der Waals surface area contributed by atoms with E-state index >= 15 is 0 Å². The van der Waals surface area contributed by atoms with Crippen LogP contribution in [0.4, 0.5) is 8.78 Å². The van der Waals surface area contributed by atoms with E-state index in [1.54, 1.807) is 24.3 Å². The van der Waals surface area contributed by atoms with Crippen molar-refractivity contribution in [1.29, 1.82) is 0 Å². The van der Waals surface area contributed by atoms with Crippen molar-refractivity contribution < 1.29 is 18.7 Å². The smallest absolute Gasteiger partial charge is 0.258 e. The van der Waals surface area contributed by atoms with Crippen LogP contribution in [0.5, 0.6) is 0 Å². The number of nitrogens with one attached hydrogen (secondary N) is 1. The molecule has 0 heterocycles. The number of hydrogen-bond donors (Lipinski definition) is 4. The minimum Gasteiger partial charge on any atom is -0.398 e. The van der Waals surface area contributed by atoms with E-state index in [9.17, 15) is 13.6 Å². The Kier molecular flexibility index (Phi) is 8.39. The summed E-state index contributed by atoms with van der Waals surface area (Å²) >= 11 is 0. The molecule has 2 rings (SSSR count). The highest BCUT2D eigenvalue weighted by atomic mass is 19.2. The molecular weight excluding hydrogens is 404 g/mol. The molecule has 0 aliphatic carbocycles. The Morgan fingerprint density at radius 2 is 1.74 bits per heavy atom. The zero-order chi connectivity index (χ0) is 23.0. The van der Waals surface area contributed by atoms with E-state index in [0.29, 0.717) is 17.8 Å². The molecule has 0 saturated heterocycles. The number of halogens is 2. The number of benzene rings is 2. The number of amidine groups is 1. The molecule has 2 aromatic rings. The third-order valence-electron chi connectivity index (χ3n) is 4.02. The van der Waals surface area contributed by atoms with Crippen molar-refractivity contribution in [3.05, 3.63) is 76.9 Å². The van der Waals surface area contributed by atoms with Gasteiger partial charge in [-0.2, -0.15) is 4.99 Å². The van der Waals surface area contributed by atoms with Gasteiger partial charge in [-0.15, -0.1) is 0 Å². The maximum absolute atomic E-state index is 13.4. The van der Waals surface area contributed by atoms with Gasteiger partial charge in [0.1, 0.15) is 5.84 Å². The van der Waals surface area contributed by atoms with Crippen LogP contribution in [0.3, 0.4) is 0 Å². The number of amides is 1. The van der Waals surface area contributed by atoms with E-state index in [1.165, 1.54) is 6.08 Å². The van der Waals surface area contributed by atoms with Gasteiger partial charge in [0.25, 0.3) is 5.91 Å². The van der Waals surface area contributed by atoms with Crippen LogP contribution in [-0.2, 0) is 6.61 Å². The summed E-state index contributed by atoms with van der Waals surface area (Å²) in [5, 5.41) is 11.6. The summed E-state index contributed by atoms with van der Waals surface area (Å²) in [5.74, 6) is -2.83. The molecule has 0 radical (unpaired) electrons. The van der Waals surface area contributed by atoms with Crippen LogP contribution in [0.1, 0.15) is 35.3 Å². The van der Waals surface area contributed by atoms with E-state index in [4.69, 9.17) is 16.6 Å². The summed E-state index contributed by atoms with van der Waals surface area (Å²) < 4.78 is 26.5. The number of carbonyl (C=O) groups excluding carboxylic acids is 1. The first-order chi connectivity index (χ1) is 14.7. The molecule has 0 spiro atoms. The lowest BCUT2D eigenvalue weighted by atomic mass is 10.1. The molecule has 6 N–H and O–H groups in total. The maximum Gasteiger partial charge on any atom is 0.258 e. The molecule has 31 heavy (non-hydrogen) atoms. The highest BCUT2D eigenvalue weighted by Crippen LogP contribution is 2.11. The van der Waals surface area contributed by atoms with Crippen molar-refractivity contribution in [3.8, 4) is 0 Å². The Bertz CT molecular complexity index is 1020. The lowest BCUT2D eigenvalue weighted by Crippen LogP contribution is -2.31. The number of rotatable bonds is 6. The SMILES string of the molecule is CC(C)CN=C(N=C(N)C=C(N)c1ccc(CO)cc1)NC(=O)c1ccc(F)c(F)c1. The number of aliphatic imine (C=N–C) groups is 2. The van der Waals surface area contributed by atoms with Crippen molar-refractivity contribution in [2.45, 2.75) is 20.5 Å². The number of guanidine groups is 1. The molecule has 0 aliphatic rings. The minimum absolute atomic E-state index is 0.0168. The van der Waals surface area contributed by atoms with Crippen LogP contribution >= 0.6 is 0 Å². The van der Waals surface area contributed by atoms with Gasteiger partial charge in [0.15, 0.2) is 11.6 Å². The predicted octanol–water partition coefficient (Wildman–Crippen LogP) is 2.56. The monoisotopic (exact) mass is 429 g/mol. The first kappa shape index (κ1) is 23.7. The summed E-state index contributed by atoms with van der Waals surface area (Å²) in [7, 11) is 0. The van der Waals surface area contributed by atoms with E-state index in [0.717, 1.165) is 23.8 Å². The molecule has 164 valence electrons. The van der Waals surface area contributed by atoms with Gasteiger partial charge in [0.2, 0.25) is 5.96 Å². The highest BCUT2D eigenvalue weighted by molar-refractivity contribution is 6.11. The minimum atomic E-state index is -1.14. The van der Waals surface area contributed by atoms with Crippen LogP contribution < -0.4 is 16.8 Å². The Labute approximate surface area is 179 Å². The first-order valence-electron chi connectivity index (χ1n) is 9.52. The van der Waals surface area contributed by atoms with E-state index in [1.807, 2.05) is 13.8 Å². The molecule has 0 bridgehead atoms. The molecular formula is C22H25F2N5O2. The molecule has 2 aromatic carbocycles. The summed E-state index contributed by atoms with van der Waals surface area (Å²) in [6.45, 7) is 4.13. The van der Waals surface area contributed by atoms with Crippen LogP contribution in [-0.4, -0.2) is 29.4 Å². The van der Waals surface area contributed by atoms with Gasteiger partial charge >= 0.3 is 0 Å². The second-order valence-corrected chi connectivity index (χ2v) is 7.13. The molecule has 0 atom stereocenters. The lowest BCUT2D eigenvalue weighted by Gasteiger charge is -2.08. The standard InChI is InChI=1S/C22H25F2N5O2/c1-13(2)11-27-22(29-21(31)16-7-8-17(23)18(24)9-16)28-20(26)10-19(25)15-5-3-14(12-30)4-6-15/h3-10,13,30H,11-12,25H2,1-2H3,(H3,26,27,28,29,31). The number of nitrogens with two attached hydrogens (primary N) is 2. The number of aliphatic hydroxyl groups excluding tert-OH is 1. The third-order valence-corrected chi connectivity index (χ3v) is 4.02. The highest BCUT2D eigenvalue weighted by Gasteiger charge is 2.12. The van der Waals surface area contributed by atoms with Gasteiger partial charge in [0.05, 0.1) is 6.61 Å². The van der Waals surface area contributed by atoms with Crippen LogP contribution in [0, 0.1) is 17.6 Å². The van der Waals surface area contributed by atoms with Crippen molar-refractivity contribution in [2.24, 2.45) is 27.4 Å². The van der Waals surface area contributed by atoms with Crippen molar-refractivity contribution in [3.63, 3.8) is 0 Å². The van der Waals surface area contributed by atoms with Crippen LogP contribution in [0.25, 0.3) is 5.70 Å². The predicted molar refractivity (Wildman–Crippen MR) is 117 cm³/mol. The maximum atomic E-state index is 13.4. The molecule has 0 aliphatic heterocycles. The largest absolute Gasteiger partial charge is 0.398 e. The van der Waals surface area contributed by atoms with Gasteiger partial charge in [-0.05, 0) is 35.2 Å². The van der Waals surface area contributed by atoms with E-state index in [-0.39, 0.29) is 29.9 Å². The van der Waals surface area contributed by atoms with E-state index in [2.05, 4.69) is 15.3 Å². The quantitative estimate of drug-likeness (QED) is 0.416. The second-order valence-electron chi connectivity index (χ2n) is 7.13. The fourth-order valence-electron chi connectivity index (χ4n) is 2.38. The third kappa shape index (κ3) is 7.31. The molecule has 0 unspecified atom stereocenters. The van der Waals surface area contributed by atoms with Crippen LogP contribution in [0.15, 0.2) is 58.5 Å². The van der Waals surface area contributed by atoms with Gasteiger partial charge in [-0.25, -0.2) is 8.78 Å². The average molecular weight is 429 g/mol. The molecule has 0 fully saturated rings. The van der Waals surface area contributed by atoms with E-state index < -0.39 is 17.5 Å². The summed E-state index contributed by atoms with van der Waals surface area (Å²) in [5.41, 5.74) is 13.6. The van der Waals surface area contributed by atoms with Crippen molar-refractivity contribution in [1.82, 2.24) is 5.32 Å². The molecule has 1 amide bonds. The van der Waals surface area contributed by atoms with Gasteiger partial charge in [0, 0.05) is 23.9 Å². The Hall–Kier alpha value is -3.59. The molecule has 0 saturated carbocycles. The van der Waals surface area contributed by atoms with Crippen molar-refractivity contribution >= 4 is 23.4 Å². The van der Waals surface area contributed by atoms with Gasteiger partial charge in [-0.1, -0.05) is 38.1 Å². The van der Waals surface area contributed by atoms with Crippen LogP contribution in [0.2, 0.25) is 0 Å². The second kappa shape index (κ2) is 11.0. The Balaban J connectivity index is 2.25. The van der Waals surface area contributed by atoms with Gasteiger partial charge in [-0.3, -0.25) is 15.1 Å². The zero-order valence-electron chi connectivity index (χ0n) is 17.3.